The van der Waals surface area contributed by atoms with Gasteiger partial charge in [0.2, 0.25) is 5.91 Å². The van der Waals surface area contributed by atoms with Gasteiger partial charge in [-0.15, -0.1) is 17.8 Å². The Balaban J connectivity index is 1.01. The van der Waals surface area contributed by atoms with Gasteiger partial charge in [0.25, 0.3) is 0 Å². The van der Waals surface area contributed by atoms with Crippen molar-refractivity contribution in [3.8, 4) is 12.3 Å². The number of anilines is 2. The van der Waals surface area contributed by atoms with Crippen LogP contribution < -0.4 is 16.4 Å². The lowest BCUT2D eigenvalue weighted by atomic mass is 9.83. The van der Waals surface area contributed by atoms with Crippen molar-refractivity contribution < 1.29 is 14.4 Å². The van der Waals surface area contributed by atoms with Crippen LogP contribution >= 0.6 is 22.9 Å². The molecule has 47 heavy (non-hydrogen) atoms. The zero-order valence-electron chi connectivity index (χ0n) is 26.6. The highest BCUT2D eigenvalue weighted by molar-refractivity contribution is 7.08. The van der Waals surface area contributed by atoms with Gasteiger partial charge in [-0.25, -0.2) is 9.59 Å². The van der Waals surface area contributed by atoms with Crippen molar-refractivity contribution in [1.29, 1.82) is 0 Å². The number of rotatable bonds is 6. The topological polar surface area (TPSA) is 117 Å². The molecule has 250 valence electrons. The molecule has 11 nitrogen and oxygen atoms in total. The Bertz CT molecular complexity index is 1550. The van der Waals surface area contributed by atoms with Crippen LogP contribution in [0.1, 0.15) is 42.4 Å². The van der Waals surface area contributed by atoms with Gasteiger partial charge in [0.15, 0.2) is 0 Å². The molecule has 6 aliphatic heterocycles. The van der Waals surface area contributed by atoms with E-state index in [-0.39, 0.29) is 30.4 Å². The molecule has 5 saturated heterocycles. The van der Waals surface area contributed by atoms with Crippen LogP contribution in [0.3, 0.4) is 0 Å². The fraction of sp³-hybridized carbons (Fsp3) is 0.559. The summed E-state index contributed by atoms with van der Waals surface area (Å²) in [6, 6.07) is 2.93. The van der Waals surface area contributed by atoms with Crippen LogP contribution in [-0.4, -0.2) is 119 Å². The molecule has 0 aliphatic carbocycles. The predicted molar refractivity (Wildman–Crippen MR) is 184 cm³/mol. The van der Waals surface area contributed by atoms with Crippen LogP contribution in [0, 0.1) is 18.3 Å². The van der Waals surface area contributed by atoms with E-state index in [0.29, 0.717) is 67.9 Å². The van der Waals surface area contributed by atoms with E-state index in [1.807, 2.05) is 15.2 Å². The first-order chi connectivity index (χ1) is 22.8. The summed E-state index contributed by atoms with van der Waals surface area (Å²) in [4.78, 5) is 51.3. The van der Waals surface area contributed by atoms with E-state index < -0.39 is 6.04 Å². The number of nitrogen functional groups attached to an aromatic ring is 1. The zero-order chi connectivity index (χ0) is 32.7. The van der Waals surface area contributed by atoms with Gasteiger partial charge in [-0.1, -0.05) is 17.5 Å². The summed E-state index contributed by atoms with van der Waals surface area (Å²) in [5.41, 5.74) is 9.62. The summed E-state index contributed by atoms with van der Waals surface area (Å²) in [5.74, 6) is 3.22. The standard InChI is InChI=1S/C34H43ClN8O3S/c1-2-23-15-22(16-27(35)31(23)36)17-28(32(44)41-13-11-40(12-14-41)30-19-39-7-3-24(30)4-8-39)37-33(45)42-9-5-26(6-10-42)43-18-25-20-47-21-29(25)38-34(43)46/h1,15-16,20-21,24,26,28,30H,3-14,17-19,36H2,(H,37,45)(H,38,46)/t28-,30?/m1/s1. The minimum atomic E-state index is -0.793. The number of amides is 5. The van der Waals surface area contributed by atoms with Gasteiger partial charge in [0.1, 0.15) is 6.04 Å². The fourth-order valence-corrected chi connectivity index (χ4v) is 9.12. The first-order valence-electron chi connectivity index (χ1n) is 16.7. The van der Waals surface area contributed by atoms with Gasteiger partial charge in [-0.3, -0.25) is 9.69 Å². The number of piperazine rings is 1. The van der Waals surface area contributed by atoms with E-state index in [0.717, 1.165) is 42.4 Å². The number of benzene rings is 1. The molecule has 2 bridgehead atoms. The molecule has 2 aromatic rings. The first kappa shape index (κ1) is 32.1. The number of thiophene rings is 1. The molecule has 5 fully saturated rings. The van der Waals surface area contributed by atoms with E-state index in [2.05, 4.69) is 31.7 Å². The third-order valence-corrected chi connectivity index (χ3v) is 12.0. The lowest BCUT2D eigenvalue weighted by Crippen LogP contribution is -2.63. The Labute approximate surface area is 285 Å². The SMILES string of the molecule is C#Cc1cc(C[C@@H](NC(=O)N2CCC(N3Cc4cscc4NC3=O)CC2)C(=O)N2CCN(C3CN4CCC3CC4)CC2)cc(Cl)c1N. The summed E-state index contributed by atoms with van der Waals surface area (Å²) >= 11 is 7.99. The lowest BCUT2D eigenvalue weighted by molar-refractivity contribution is -0.136. The van der Waals surface area contributed by atoms with E-state index in [4.69, 9.17) is 23.8 Å². The number of carbonyl (C=O) groups is 3. The molecule has 6 aliphatic rings. The largest absolute Gasteiger partial charge is 0.397 e. The van der Waals surface area contributed by atoms with E-state index >= 15 is 0 Å². The summed E-state index contributed by atoms with van der Waals surface area (Å²) in [6.45, 7) is 8.02. The van der Waals surface area contributed by atoms with Crippen LogP contribution in [0.2, 0.25) is 5.02 Å². The van der Waals surface area contributed by atoms with Crippen molar-refractivity contribution in [3.63, 3.8) is 0 Å². The number of nitrogens with one attached hydrogen (secondary N) is 2. The average molecular weight is 679 g/mol. The molecule has 1 unspecified atom stereocenters. The predicted octanol–water partition coefficient (Wildman–Crippen LogP) is 3.34. The van der Waals surface area contributed by atoms with Crippen LogP contribution in [0.4, 0.5) is 21.0 Å². The first-order valence-corrected chi connectivity index (χ1v) is 18.1. The van der Waals surface area contributed by atoms with Crippen molar-refractivity contribution in [2.24, 2.45) is 5.92 Å². The number of carbonyl (C=O) groups excluding carboxylic acids is 3. The van der Waals surface area contributed by atoms with Crippen molar-refractivity contribution >= 4 is 52.3 Å². The van der Waals surface area contributed by atoms with E-state index in [1.54, 1.807) is 28.4 Å². The molecule has 0 saturated carbocycles. The molecule has 7 heterocycles. The summed E-state index contributed by atoms with van der Waals surface area (Å²) in [6.07, 6.45) is 9.79. The summed E-state index contributed by atoms with van der Waals surface area (Å²) in [7, 11) is 0. The van der Waals surface area contributed by atoms with Crippen molar-refractivity contribution in [1.82, 2.24) is 29.8 Å². The van der Waals surface area contributed by atoms with Gasteiger partial charge in [0, 0.05) is 80.8 Å². The number of fused-ring (bicyclic) bond motifs is 4. The maximum Gasteiger partial charge on any atom is 0.322 e. The quantitative estimate of drug-likeness (QED) is 0.319. The molecule has 0 spiro atoms. The van der Waals surface area contributed by atoms with Crippen LogP contribution in [-0.2, 0) is 17.8 Å². The van der Waals surface area contributed by atoms with Crippen LogP contribution in [0.25, 0.3) is 0 Å². The monoisotopic (exact) mass is 678 g/mol. The molecule has 1 aromatic carbocycles. The smallest absolute Gasteiger partial charge is 0.322 e. The number of urea groups is 2. The number of nitrogens with zero attached hydrogens (tertiary/aromatic N) is 5. The van der Waals surface area contributed by atoms with Crippen LogP contribution in [0.5, 0.6) is 0 Å². The molecule has 1 aromatic heterocycles. The Hall–Kier alpha value is -3.50. The van der Waals surface area contributed by atoms with Crippen molar-refractivity contribution in [3.05, 3.63) is 44.6 Å². The van der Waals surface area contributed by atoms with E-state index in [9.17, 15) is 14.4 Å². The van der Waals surface area contributed by atoms with Crippen molar-refractivity contribution in [2.45, 2.75) is 56.8 Å². The number of nitrogens with two attached hydrogens (primary N) is 1. The second kappa shape index (κ2) is 13.5. The number of likely N-dealkylation sites (tertiary alicyclic amines) is 1. The third-order valence-electron chi connectivity index (χ3n) is 10.9. The van der Waals surface area contributed by atoms with E-state index in [1.165, 1.54) is 25.9 Å². The Morgan fingerprint density at radius 1 is 1.04 bits per heavy atom. The normalized spacial score (nSPS) is 25.6. The highest BCUT2D eigenvalue weighted by Gasteiger charge is 2.40. The summed E-state index contributed by atoms with van der Waals surface area (Å²) in [5, 5.41) is 10.4. The molecule has 13 heteroatoms. The second-order valence-electron chi connectivity index (χ2n) is 13.5. The highest BCUT2D eigenvalue weighted by atomic mass is 35.5. The van der Waals surface area contributed by atoms with Gasteiger partial charge in [0.05, 0.1) is 22.9 Å². The number of hydrogen-bond acceptors (Lipinski definition) is 7. The maximum absolute atomic E-state index is 14.1. The summed E-state index contributed by atoms with van der Waals surface area (Å²) < 4.78 is 0. The molecule has 4 N–H and O–H groups in total. The minimum absolute atomic E-state index is 0.0381. The van der Waals surface area contributed by atoms with Gasteiger partial charge in [-0.05, 0) is 67.8 Å². The average Bonchev–Trinajstić information content (AvgIpc) is 3.56. The molecular weight excluding hydrogens is 636 g/mol. The van der Waals surface area contributed by atoms with Gasteiger partial charge >= 0.3 is 12.1 Å². The Morgan fingerprint density at radius 3 is 2.47 bits per heavy atom. The Morgan fingerprint density at radius 2 is 1.79 bits per heavy atom. The molecule has 0 radical (unpaired) electrons. The molecule has 8 rings (SSSR count). The second-order valence-corrected chi connectivity index (χ2v) is 14.7. The molecular formula is C34H43ClN8O3S. The lowest BCUT2D eigenvalue weighted by Gasteiger charge is -2.51. The van der Waals surface area contributed by atoms with Crippen LogP contribution in [0.15, 0.2) is 22.9 Å². The number of halogens is 1. The Kier molecular flexibility index (Phi) is 9.24. The number of hydrogen-bond donors (Lipinski definition) is 3. The molecule has 2 atom stereocenters. The van der Waals surface area contributed by atoms with Gasteiger partial charge in [-0.2, -0.15) is 0 Å². The van der Waals surface area contributed by atoms with Crippen molar-refractivity contribution in [2.75, 3.05) is 70.0 Å². The van der Waals surface area contributed by atoms with Gasteiger partial charge < -0.3 is 36.0 Å². The fourth-order valence-electron chi connectivity index (χ4n) is 8.10. The number of terminal acetylenes is 1. The minimum Gasteiger partial charge on any atom is -0.397 e. The molecule has 5 amide bonds. The highest BCUT2D eigenvalue weighted by Crippen LogP contribution is 2.33. The maximum atomic E-state index is 14.1. The zero-order valence-corrected chi connectivity index (χ0v) is 28.2. The third kappa shape index (κ3) is 6.64. The number of piperidine rings is 4.